The van der Waals surface area contributed by atoms with Gasteiger partial charge in [0.15, 0.2) is 10.8 Å². The van der Waals surface area contributed by atoms with E-state index in [1.165, 1.54) is 0 Å². The Labute approximate surface area is 184 Å². The molecule has 2 atom stereocenters. The molecule has 162 valence electrons. The van der Waals surface area contributed by atoms with Crippen LogP contribution in [0.5, 0.6) is 0 Å². The summed E-state index contributed by atoms with van der Waals surface area (Å²) >= 11 is 11.1. The number of hydrogen-bond donors (Lipinski definition) is 2. The zero-order valence-corrected chi connectivity index (χ0v) is 18.2. The van der Waals surface area contributed by atoms with Crippen molar-refractivity contribution in [1.82, 2.24) is 15.3 Å². The maximum Gasteiger partial charge on any atom is 0.433 e. The van der Waals surface area contributed by atoms with Crippen LogP contribution < -0.4 is 15.5 Å². The van der Waals surface area contributed by atoms with E-state index in [1.807, 2.05) is 17.0 Å². The summed E-state index contributed by atoms with van der Waals surface area (Å²) in [6.45, 7) is 5.86. The van der Waals surface area contributed by atoms with Crippen LogP contribution >= 0.6 is 23.8 Å². The molecule has 1 aromatic heterocycles. The molecule has 2 aromatic rings. The van der Waals surface area contributed by atoms with Crippen molar-refractivity contribution in [3.05, 3.63) is 46.6 Å². The van der Waals surface area contributed by atoms with Gasteiger partial charge in [-0.2, -0.15) is 18.2 Å². The van der Waals surface area contributed by atoms with E-state index < -0.39 is 11.9 Å². The molecular weight excluding hydrogens is 435 g/mol. The summed E-state index contributed by atoms with van der Waals surface area (Å²) < 4.78 is 40.2. The van der Waals surface area contributed by atoms with Crippen LogP contribution in [-0.4, -0.2) is 28.2 Å². The molecule has 0 unspecified atom stereocenters. The fourth-order valence-electron chi connectivity index (χ4n) is 3.58. The molecule has 2 N–H and O–H groups in total. The molecule has 2 heterocycles. The maximum absolute atomic E-state index is 13.4. The minimum atomic E-state index is -4.58. The average molecular weight is 458 g/mol. The molecule has 10 heteroatoms. The van der Waals surface area contributed by atoms with Gasteiger partial charge in [-0.3, -0.25) is 0 Å². The van der Waals surface area contributed by atoms with Gasteiger partial charge in [0.1, 0.15) is 5.82 Å². The summed E-state index contributed by atoms with van der Waals surface area (Å²) in [5.74, 6) is 0.811. The lowest BCUT2D eigenvalue weighted by Crippen LogP contribution is -2.39. The van der Waals surface area contributed by atoms with Crippen molar-refractivity contribution in [2.24, 2.45) is 11.8 Å². The third-order valence-electron chi connectivity index (χ3n) is 4.79. The van der Waals surface area contributed by atoms with Gasteiger partial charge in [-0.05, 0) is 48.2 Å². The number of thiocarbonyl (C=S) groups is 1. The second-order valence-electron chi connectivity index (χ2n) is 7.72. The zero-order chi connectivity index (χ0) is 21.9. The quantitative estimate of drug-likeness (QED) is 0.622. The fourth-order valence-corrected chi connectivity index (χ4v) is 3.87. The Morgan fingerprint density at radius 2 is 1.80 bits per heavy atom. The van der Waals surface area contributed by atoms with E-state index in [2.05, 4.69) is 34.4 Å². The van der Waals surface area contributed by atoms with Gasteiger partial charge in [0, 0.05) is 30.7 Å². The summed E-state index contributed by atoms with van der Waals surface area (Å²) in [6.07, 6.45) is -3.54. The van der Waals surface area contributed by atoms with Crippen molar-refractivity contribution < 1.29 is 13.2 Å². The molecule has 30 heavy (non-hydrogen) atoms. The number of anilines is 2. The summed E-state index contributed by atoms with van der Waals surface area (Å²) in [5, 5.41) is 6.38. The van der Waals surface area contributed by atoms with Crippen LogP contribution in [0.25, 0.3) is 0 Å². The number of halogens is 4. The summed E-state index contributed by atoms with van der Waals surface area (Å²) in [4.78, 5) is 9.81. The van der Waals surface area contributed by atoms with Gasteiger partial charge in [0.25, 0.3) is 0 Å². The molecule has 0 radical (unpaired) electrons. The lowest BCUT2D eigenvalue weighted by atomic mass is 9.92. The molecule has 1 aliphatic heterocycles. The third-order valence-corrected chi connectivity index (χ3v) is 5.29. The van der Waals surface area contributed by atoms with Gasteiger partial charge in [-0.25, -0.2) is 4.98 Å². The highest BCUT2D eigenvalue weighted by Crippen LogP contribution is 2.32. The Balaban J connectivity index is 1.75. The van der Waals surface area contributed by atoms with Crippen molar-refractivity contribution in [3.63, 3.8) is 0 Å². The van der Waals surface area contributed by atoms with Gasteiger partial charge in [0.2, 0.25) is 5.95 Å². The van der Waals surface area contributed by atoms with Crippen LogP contribution in [0.2, 0.25) is 5.02 Å². The second-order valence-corrected chi connectivity index (χ2v) is 8.56. The first-order chi connectivity index (χ1) is 14.1. The molecule has 3 rings (SSSR count). The molecule has 1 aromatic carbocycles. The third kappa shape index (κ3) is 6.18. The number of nitrogens with one attached hydrogen (secondary N) is 2. The number of hydrogen-bond acceptors (Lipinski definition) is 4. The Morgan fingerprint density at radius 3 is 2.40 bits per heavy atom. The van der Waals surface area contributed by atoms with Crippen LogP contribution in [0.4, 0.5) is 24.9 Å². The van der Waals surface area contributed by atoms with E-state index in [9.17, 15) is 13.2 Å². The molecule has 1 fully saturated rings. The van der Waals surface area contributed by atoms with Crippen molar-refractivity contribution in [2.75, 3.05) is 23.3 Å². The Hall–Kier alpha value is -2.13. The predicted molar refractivity (Wildman–Crippen MR) is 117 cm³/mol. The number of benzene rings is 1. The molecule has 1 saturated heterocycles. The smallest absolute Gasteiger partial charge is 0.358 e. The molecule has 0 saturated carbocycles. The summed E-state index contributed by atoms with van der Waals surface area (Å²) in [6, 6.07) is 8.15. The highest BCUT2D eigenvalue weighted by molar-refractivity contribution is 7.80. The van der Waals surface area contributed by atoms with E-state index >= 15 is 0 Å². The van der Waals surface area contributed by atoms with Crippen molar-refractivity contribution in [3.8, 4) is 0 Å². The van der Waals surface area contributed by atoms with E-state index in [0.29, 0.717) is 36.5 Å². The topological polar surface area (TPSA) is 53.1 Å². The number of rotatable bonds is 4. The van der Waals surface area contributed by atoms with Gasteiger partial charge in [-0.15, -0.1) is 0 Å². The van der Waals surface area contributed by atoms with Crippen LogP contribution in [0.1, 0.15) is 31.5 Å². The first-order valence-corrected chi connectivity index (χ1v) is 10.4. The monoisotopic (exact) mass is 457 g/mol. The molecule has 5 nitrogen and oxygen atoms in total. The average Bonchev–Trinajstić information content (AvgIpc) is 2.66. The van der Waals surface area contributed by atoms with Crippen LogP contribution in [0, 0.1) is 11.8 Å². The standard InChI is InChI=1S/C20H23ClF3N5S/c1-12-7-13(2)11-29(10-12)17-8-16(20(22,23)24)26-18(27-17)28-19(30)25-9-14-3-5-15(21)6-4-14/h3-6,8,12-13H,7,9-11H2,1-2H3,(H2,25,26,27,28,30)/t12-,13-/m1/s1. The van der Waals surface area contributed by atoms with E-state index in [4.69, 9.17) is 23.8 Å². The van der Waals surface area contributed by atoms with Crippen molar-refractivity contribution in [2.45, 2.75) is 33.0 Å². The maximum atomic E-state index is 13.4. The number of alkyl halides is 3. The van der Waals surface area contributed by atoms with Gasteiger partial charge in [-0.1, -0.05) is 37.6 Å². The fraction of sp³-hybridized carbons (Fsp3) is 0.450. The summed E-state index contributed by atoms with van der Waals surface area (Å²) in [5.41, 5.74) is -0.0770. The largest absolute Gasteiger partial charge is 0.433 e. The van der Waals surface area contributed by atoms with Gasteiger partial charge in [0.05, 0.1) is 0 Å². The van der Waals surface area contributed by atoms with E-state index in [-0.39, 0.29) is 16.9 Å². The highest BCUT2D eigenvalue weighted by atomic mass is 35.5. The number of nitrogens with zero attached hydrogens (tertiary/aromatic N) is 3. The lowest BCUT2D eigenvalue weighted by molar-refractivity contribution is -0.141. The lowest BCUT2D eigenvalue weighted by Gasteiger charge is -2.36. The Bertz CT molecular complexity index is 881. The molecule has 0 aliphatic carbocycles. The normalized spacial score (nSPS) is 19.5. The van der Waals surface area contributed by atoms with Crippen molar-refractivity contribution in [1.29, 1.82) is 0 Å². The number of piperidine rings is 1. The first-order valence-electron chi connectivity index (χ1n) is 9.60. The Kier molecular flexibility index (Phi) is 7.02. The van der Waals surface area contributed by atoms with Crippen LogP contribution in [-0.2, 0) is 12.7 Å². The SMILES string of the molecule is C[C@@H]1C[C@@H](C)CN(c2cc(C(F)(F)F)nc(NC(=S)NCc3ccc(Cl)cc3)n2)C1. The molecule has 0 bridgehead atoms. The molecule has 0 amide bonds. The Morgan fingerprint density at radius 1 is 1.17 bits per heavy atom. The zero-order valence-electron chi connectivity index (χ0n) is 16.6. The molecular formula is C20H23ClF3N5S. The first kappa shape index (κ1) is 22.6. The van der Waals surface area contributed by atoms with Crippen LogP contribution in [0.15, 0.2) is 30.3 Å². The van der Waals surface area contributed by atoms with E-state index in [1.54, 1.807) is 12.1 Å². The van der Waals surface area contributed by atoms with E-state index in [0.717, 1.165) is 18.1 Å². The van der Waals surface area contributed by atoms with Crippen LogP contribution in [0.3, 0.4) is 0 Å². The summed E-state index contributed by atoms with van der Waals surface area (Å²) in [7, 11) is 0. The van der Waals surface area contributed by atoms with Gasteiger partial charge >= 0.3 is 6.18 Å². The minimum Gasteiger partial charge on any atom is -0.358 e. The number of aromatic nitrogens is 2. The molecule has 0 spiro atoms. The second kappa shape index (κ2) is 9.34. The minimum absolute atomic E-state index is 0.135. The highest BCUT2D eigenvalue weighted by Gasteiger charge is 2.35. The molecule has 1 aliphatic rings. The van der Waals surface area contributed by atoms with Gasteiger partial charge < -0.3 is 15.5 Å². The predicted octanol–water partition coefficient (Wildman–Crippen LogP) is 5.12. The van der Waals surface area contributed by atoms with Crippen molar-refractivity contribution >= 4 is 40.7 Å².